The van der Waals surface area contributed by atoms with Crippen molar-refractivity contribution in [3.63, 3.8) is 0 Å². The first-order valence-electron chi connectivity index (χ1n) is 7.31. The number of rotatable bonds is 5. The molecule has 24 heavy (non-hydrogen) atoms. The van der Waals surface area contributed by atoms with Crippen LogP contribution in [0.3, 0.4) is 0 Å². The molecule has 0 amide bonds. The molecule has 2 aromatic rings. The predicted octanol–water partition coefficient (Wildman–Crippen LogP) is 3.72. The molecule has 1 aromatic heterocycles. The van der Waals surface area contributed by atoms with E-state index in [4.69, 9.17) is 10.00 Å². The second-order valence-corrected chi connectivity index (χ2v) is 5.74. The summed E-state index contributed by atoms with van der Waals surface area (Å²) < 4.78 is 5.14. The zero-order valence-electron chi connectivity index (χ0n) is 13.4. The SMILES string of the molecule is CCOC(=O)c1c(C)nc(SCC#N)c(C#N)c1-c1ccccc1. The maximum atomic E-state index is 12.4. The van der Waals surface area contributed by atoms with Crippen LogP contribution in [0.1, 0.15) is 28.5 Å². The molecule has 5 nitrogen and oxygen atoms in total. The summed E-state index contributed by atoms with van der Waals surface area (Å²) in [5, 5.41) is 18.9. The molecular weight excluding hydrogens is 322 g/mol. The number of aromatic nitrogens is 1. The number of pyridine rings is 1. The Labute approximate surface area is 144 Å². The lowest BCUT2D eigenvalue weighted by Crippen LogP contribution is -2.12. The molecule has 0 unspecified atom stereocenters. The highest BCUT2D eigenvalue weighted by atomic mass is 32.2. The van der Waals surface area contributed by atoms with E-state index in [0.717, 1.165) is 5.56 Å². The fraction of sp³-hybridized carbons (Fsp3) is 0.222. The number of aryl methyl sites for hydroxylation is 1. The van der Waals surface area contributed by atoms with E-state index in [1.807, 2.05) is 36.4 Å². The minimum absolute atomic E-state index is 0.175. The van der Waals surface area contributed by atoms with Crippen LogP contribution >= 0.6 is 11.8 Å². The standard InChI is InChI=1S/C18H15N3O2S/c1-3-23-18(22)15-12(2)21-17(24-10-9-19)14(11-20)16(15)13-7-5-4-6-8-13/h4-8H,3,10H2,1-2H3. The third kappa shape index (κ3) is 3.56. The van der Waals surface area contributed by atoms with Gasteiger partial charge in [-0.1, -0.05) is 42.1 Å². The Hall–Kier alpha value is -2.83. The molecule has 0 aliphatic carbocycles. The maximum Gasteiger partial charge on any atom is 0.340 e. The molecule has 1 aromatic carbocycles. The van der Waals surface area contributed by atoms with Crippen LogP contribution in [0.2, 0.25) is 0 Å². The molecule has 0 aliphatic heterocycles. The van der Waals surface area contributed by atoms with Crippen LogP contribution in [0.4, 0.5) is 0 Å². The van der Waals surface area contributed by atoms with Gasteiger partial charge < -0.3 is 4.74 Å². The zero-order valence-corrected chi connectivity index (χ0v) is 14.2. The summed E-state index contributed by atoms with van der Waals surface area (Å²) in [4.78, 5) is 16.8. The minimum atomic E-state index is -0.505. The van der Waals surface area contributed by atoms with Crippen molar-refractivity contribution in [1.29, 1.82) is 10.5 Å². The first-order valence-corrected chi connectivity index (χ1v) is 8.29. The van der Waals surface area contributed by atoms with Crippen LogP contribution in [0.5, 0.6) is 0 Å². The molecule has 0 N–H and O–H groups in total. The molecule has 0 radical (unpaired) electrons. The second kappa shape index (κ2) is 8.14. The molecule has 0 spiro atoms. The number of carbonyl (C=O) groups is 1. The quantitative estimate of drug-likeness (QED) is 0.610. The van der Waals surface area contributed by atoms with Gasteiger partial charge in [0.05, 0.1) is 35.2 Å². The largest absolute Gasteiger partial charge is 0.462 e. The van der Waals surface area contributed by atoms with Crippen LogP contribution in [0, 0.1) is 29.6 Å². The van der Waals surface area contributed by atoms with Gasteiger partial charge in [0.15, 0.2) is 0 Å². The monoisotopic (exact) mass is 337 g/mol. The summed E-state index contributed by atoms with van der Waals surface area (Å²) in [6.45, 7) is 3.67. The van der Waals surface area contributed by atoms with Crippen molar-refractivity contribution in [3.8, 4) is 23.3 Å². The first kappa shape index (κ1) is 17.5. The molecule has 0 bridgehead atoms. The van der Waals surface area contributed by atoms with Crippen LogP contribution < -0.4 is 0 Å². The summed E-state index contributed by atoms with van der Waals surface area (Å²) >= 11 is 1.18. The Kier molecular flexibility index (Phi) is 5.95. The third-order valence-corrected chi connectivity index (χ3v) is 4.11. The molecule has 0 saturated heterocycles. The third-order valence-electron chi connectivity index (χ3n) is 3.27. The van der Waals surface area contributed by atoms with Crippen molar-refractivity contribution in [2.45, 2.75) is 18.9 Å². The summed E-state index contributed by atoms with van der Waals surface area (Å²) in [6, 6.07) is 13.4. The van der Waals surface area contributed by atoms with Gasteiger partial charge in [0.1, 0.15) is 11.1 Å². The number of carbonyl (C=O) groups excluding carboxylic acids is 1. The summed E-state index contributed by atoms with van der Waals surface area (Å²) in [7, 11) is 0. The minimum Gasteiger partial charge on any atom is -0.462 e. The lowest BCUT2D eigenvalue weighted by atomic mass is 9.95. The van der Waals surface area contributed by atoms with E-state index in [2.05, 4.69) is 11.1 Å². The average Bonchev–Trinajstić information content (AvgIpc) is 2.60. The zero-order chi connectivity index (χ0) is 17.5. The van der Waals surface area contributed by atoms with Crippen LogP contribution in [-0.4, -0.2) is 23.3 Å². The Balaban J connectivity index is 2.78. The summed E-state index contributed by atoms with van der Waals surface area (Å²) in [5.74, 6) is -0.330. The first-order chi connectivity index (χ1) is 11.6. The smallest absolute Gasteiger partial charge is 0.340 e. The number of esters is 1. The van der Waals surface area contributed by atoms with Gasteiger partial charge in [-0.05, 0) is 19.4 Å². The van der Waals surface area contributed by atoms with Gasteiger partial charge in [0.25, 0.3) is 0 Å². The normalized spacial score (nSPS) is 9.83. The lowest BCUT2D eigenvalue weighted by molar-refractivity contribution is 0.0525. The lowest BCUT2D eigenvalue weighted by Gasteiger charge is -2.15. The predicted molar refractivity (Wildman–Crippen MR) is 91.4 cm³/mol. The molecule has 6 heteroatoms. The van der Waals surface area contributed by atoms with E-state index in [1.165, 1.54) is 11.8 Å². The Morgan fingerprint density at radius 1 is 1.29 bits per heavy atom. The van der Waals surface area contributed by atoms with Crippen LogP contribution in [0.15, 0.2) is 35.4 Å². The number of ether oxygens (including phenoxy) is 1. The van der Waals surface area contributed by atoms with E-state index in [9.17, 15) is 10.1 Å². The average molecular weight is 337 g/mol. The number of benzene rings is 1. The molecular formula is C18H15N3O2S. The van der Waals surface area contributed by atoms with Crippen molar-refractivity contribution in [1.82, 2.24) is 4.98 Å². The van der Waals surface area contributed by atoms with Crippen molar-refractivity contribution >= 4 is 17.7 Å². The van der Waals surface area contributed by atoms with Crippen LogP contribution in [0.25, 0.3) is 11.1 Å². The highest BCUT2D eigenvalue weighted by molar-refractivity contribution is 7.99. The number of nitrogens with zero attached hydrogens (tertiary/aromatic N) is 3. The fourth-order valence-electron chi connectivity index (χ4n) is 2.33. The summed E-state index contributed by atoms with van der Waals surface area (Å²) in [6.07, 6.45) is 0. The van der Waals surface area contributed by atoms with Crippen molar-refractivity contribution in [2.75, 3.05) is 12.4 Å². The van der Waals surface area contributed by atoms with Gasteiger partial charge in [-0.3, -0.25) is 0 Å². The van der Waals surface area contributed by atoms with Gasteiger partial charge in [-0.25, -0.2) is 9.78 Å². The maximum absolute atomic E-state index is 12.4. The van der Waals surface area contributed by atoms with E-state index in [-0.39, 0.29) is 17.9 Å². The number of thioether (sulfide) groups is 1. The molecule has 2 rings (SSSR count). The van der Waals surface area contributed by atoms with Gasteiger partial charge in [0, 0.05) is 5.56 Å². The topological polar surface area (TPSA) is 86.8 Å². The highest BCUT2D eigenvalue weighted by Gasteiger charge is 2.24. The molecule has 0 atom stereocenters. The van der Waals surface area contributed by atoms with Gasteiger partial charge >= 0.3 is 5.97 Å². The van der Waals surface area contributed by atoms with E-state index in [0.29, 0.717) is 21.8 Å². The molecule has 120 valence electrons. The fourth-order valence-corrected chi connectivity index (χ4v) is 3.03. The van der Waals surface area contributed by atoms with Crippen LogP contribution in [-0.2, 0) is 4.74 Å². The van der Waals surface area contributed by atoms with Crippen molar-refractivity contribution in [2.24, 2.45) is 0 Å². The Morgan fingerprint density at radius 2 is 2.00 bits per heavy atom. The van der Waals surface area contributed by atoms with Crippen molar-refractivity contribution in [3.05, 3.63) is 47.2 Å². The Bertz CT molecular complexity index is 836. The highest BCUT2D eigenvalue weighted by Crippen LogP contribution is 2.35. The number of hydrogen-bond acceptors (Lipinski definition) is 6. The molecule has 0 aliphatic rings. The van der Waals surface area contributed by atoms with E-state index in [1.54, 1.807) is 13.8 Å². The number of nitriles is 2. The number of hydrogen-bond donors (Lipinski definition) is 0. The van der Waals surface area contributed by atoms with Crippen molar-refractivity contribution < 1.29 is 9.53 Å². The molecule has 0 fully saturated rings. The van der Waals surface area contributed by atoms with E-state index < -0.39 is 5.97 Å². The van der Waals surface area contributed by atoms with E-state index >= 15 is 0 Å². The second-order valence-electron chi connectivity index (χ2n) is 4.77. The molecule has 0 saturated carbocycles. The Morgan fingerprint density at radius 3 is 2.58 bits per heavy atom. The van der Waals surface area contributed by atoms with Gasteiger partial charge in [-0.2, -0.15) is 10.5 Å². The van der Waals surface area contributed by atoms with Gasteiger partial charge in [-0.15, -0.1) is 0 Å². The van der Waals surface area contributed by atoms with Gasteiger partial charge in [0.2, 0.25) is 0 Å². The molecule has 1 heterocycles. The summed E-state index contributed by atoms with van der Waals surface area (Å²) in [5.41, 5.74) is 2.30.